The van der Waals surface area contributed by atoms with Crippen molar-refractivity contribution in [2.24, 2.45) is 18.7 Å². The number of piperidine rings is 1. The Morgan fingerprint density at radius 3 is 3.00 bits per heavy atom. The van der Waals surface area contributed by atoms with Gasteiger partial charge in [-0.1, -0.05) is 0 Å². The van der Waals surface area contributed by atoms with Crippen LogP contribution in [0.2, 0.25) is 0 Å². The minimum Gasteiger partial charge on any atom is -0.355 e. The lowest BCUT2D eigenvalue weighted by atomic mass is 9.97. The molecule has 0 radical (unpaired) electrons. The van der Waals surface area contributed by atoms with Gasteiger partial charge in [-0.15, -0.1) is 0 Å². The summed E-state index contributed by atoms with van der Waals surface area (Å²) < 4.78 is 1.69. The fourth-order valence-corrected chi connectivity index (χ4v) is 2.44. The molecular weight excluding hydrogens is 258 g/mol. The molecule has 1 fully saturated rings. The molecule has 0 bridgehead atoms. The van der Waals surface area contributed by atoms with E-state index < -0.39 is 0 Å². The Hall–Kier alpha value is -1.89. The van der Waals surface area contributed by atoms with Gasteiger partial charge in [0.15, 0.2) is 0 Å². The van der Waals surface area contributed by atoms with Crippen molar-refractivity contribution < 1.29 is 9.59 Å². The van der Waals surface area contributed by atoms with Crippen molar-refractivity contribution in [1.82, 2.24) is 19.8 Å². The lowest BCUT2D eigenvalue weighted by molar-refractivity contribution is -0.126. The molecule has 20 heavy (non-hydrogen) atoms. The summed E-state index contributed by atoms with van der Waals surface area (Å²) in [5, 5.41) is 2.79. The third-order valence-corrected chi connectivity index (χ3v) is 3.56. The second-order valence-electron chi connectivity index (χ2n) is 5.06. The van der Waals surface area contributed by atoms with Gasteiger partial charge in [-0.05, 0) is 12.8 Å². The summed E-state index contributed by atoms with van der Waals surface area (Å²) in [4.78, 5) is 30.0. The molecule has 1 atom stereocenters. The van der Waals surface area contributed by atoms with E-state index in [0.717, 1.165) is 12.8 Å². The number of imidazole rings is 1. The Kier molecular flexibility index (Phi) is 4.73. The second-order valence-corrected chi connectivity index (χ2v) is 5.06. The minimum atomic E-state index is -0.146. The zero-order valence-electron chi connectivity index (χ0n) is 11.7. The first-order valence-corrected chi connectivity index (χ1v) is 6.87. The summed E-state index contributed by atoms with van der Waals surface area (Å²) in [7, 11) is 1.79. The smallest absolute Gasteiger partial charge is 0.272 e. The Morgan fingerprint density at radius 2 is 2.35 bits per heavy atom. The van der Waals surface area contributed by atoms with Crippen molar-refractivity contribution in [3.8, 4) is 0 Å². The number of aryl methyl sites for hydroxylation is 1. The van der Waals surface area contributed by atoms with Gasteiger partial charge in [0.2, 0.25) is 5.91 Å². The van der Waals surface area contributed by atoms with E-state index in [1.54, 1.807) is 29.0 Å². The quantitative estimate of drug-likeness (QED) is 0.765. The zero-order valence-corrected chi connectivity index (χ0v) is 11.7. The standard InChI is InChI=1S/C13H21N5O2/c1-17-9-15-7-11(17)13(20)18-6-2-3-10(8-18)12(19)16-5-4-14/h7,9-10H,2-6,8,14H2,1H3,(H,16,19). The van der Waals surface area contributed by atoms with Crippen LogP contribution in [0.5, 0.6) is 0 Å². The topological polar surface area (TPSA) is 93.2 Å². The molecule has 7 heteroatoms. The number of hydrogen-bond donors (Lipinski definition) is 2. The normalized spacial score (nSPS) is 18.9. The maximum Gasteiger partial charge on any atom is 0.272 e. The van der Waals surface area contributed by atoms with Crippen LogP contribution < -0.4 is 11.1 Å². The SMILES string of the molecule is Cn1cncc1C(=O)N1CCCC(C(=O)NCCN)C1. The Labute approximate surface area is 118 Å². The molecule has 0 saturated carbocycles. The summed E-state index contributed by atoms with van der Waals surface area (Å²) in [6.07, 6.45) is 4.80. The van der Waals surface area contributed by atoms with E-state index in [0.29, 0.717) is 31.9 Å². The van der Waals surface area contributed by atoms with Gasteiger partial charge in [-0.3, -0.25) is 9.59 Å². The molecule has 7 nitrogen and oxygen atoms in total. The van der Waals surface area contributed by atoms with Crippen LogP contribution in [0.25, 0.3) is 0 Å². The van der Waals surface area contributed by atoms with E-state index in [1.807, 2.05) is 0 Å². The van der Waals surface area contributed by atoms with Gasteiger partial charge in [0.25, 0.3) is 5.91 Å². The van der Waals surface area contributed by atoms with Gasteiger partial charge in [-0.2, -0.15) is 0 Å². The number of nitrogens with two attached hydrogens (primary N) is 1. The number of carbonyl (C=O) groups is 2. The monoisotopic (exact) mass is 279 g/mol. The molecule has 110 valence electrons. The lowest BCUT2D eigenvalue weighted by Gasteiger charge is -2.32. The number of nitrogens with zero attached hydrogens (tertiary/aromatic N) is 3. The molecular formula is C13H21N5O2. The van der Waals surface area contributed by atoms with Crippen molar-refractivity contribution >= 4 is 11.8 Å². The van der Waals surface area contributed by atoms with E-state index >= 15 is 0 Å². The minimum absolute atomic E-state index is 0.0158. The molecule has 1 aliphatic heterocycles. The third-order valence-electron chi connectivity index (χ3n) is 3.56. The third kappa shape index (κ3) is 3.16. The van der Waals surface area contributed by atoms with Gasteiger partial charge < -0.3 is 20.5 Å². The van der Waals surface area contributed by atoms with Crippen LogP contribution in [-0.4, -0.2) is 52.4 Å². The number of hydrogen-bond acceptors (Lipinski definition) is 4. The van der Waals surface area contributed by atoms with E-state index in [1.165, 1.54) is 0 Å². The number of amides is 2. The molecule has 0 aliphatic carbocycles. The predicted molar refractivity (Wildman–Crippen MR) is 73.9 cm³/mol. The van der Waals surface area contributed by atoms with E-state index in [9.17, 15) is 9.59 Å². The highest BCUT2D eigenvalue weighted by atomic mass is 16.2. The number of carbonyl (C=O) groups excluding carboxylic acids is 2. The molecule has 2 heterocycles. The molecule has 1 aliphatic rings. The number of rotatable bonds is 4. The van der Waals surface area contributed by atoms with Gasteiger partial charge in [0.05, 0.1) is 18.4 Å². The maximum atomic E-state index is 12.4. The fourth-order valence-electron chi connectivity index (χ4n) is 2.44. The van der Waals surface area contributed by atoms with E-state index in [-0.39, 0.29) is 17.7 Å². The van der Waals surface area contributed by atoms with Gasteiger partial charge in [-0.25, -0.2) is 4.98 Å². The van der Waals surface area contributed by atoms with Crippen LogP contribution in [0.1, 0.15) is 23.3 Å². The number of likely N-dealkylation sites (tertiary alicyclic amines) is 1. The van der Waals surface area contributed by atoms with Crippen LogP contribution in [0.3, 0.4) is 0 Å². The Bertz CT molecular complexity index is 485. The average molecular weight is 279 g/mol. The predicted octanol–water partition coefficient (Wildman–Crippen LogP) is -0.653. The van der Waals surface area contributed by atoms with Crippen LogP contribution >= 0.6 is 0 Å². The van der Waals surface area contributed by atoms with Crippen molar-refractivity contribution in [2.75, 3.05) is 26.2 Å². The van der Waals surface area contributed by atoms with Crippen LogP contribution in [0, 0.1) is 5.92 Å². The fraction of sp³-hybridized carbons (Fsp3) is 0.615. The summed E-state index contributed by atoms with van der Waals surface area (Å²) in [5.41, 5.74) is 5.92. The first-order chi connectivity index (χ1) is 9.63. The van der Waals surface area contributed by atoms with Crippen molar-refractivity contribution in [2.45, 2.75) is 12.8 Å². The maximum absolute atomic E-state index is 12.4. The second kappa shape index (κ2) is 6.51. The number of nitrogens with one attached hydrogen (secondary N) is 1. The van der Waals surface area contributed by atoms with Crippen LogP contribution in [0.15, 0.2) is 12.5 Å². The molecule has 1 aromatic rings. The lowest BCUT2D eigenvalue weighted by Crippen LogP contribution is -2.46. The first kappa shape index (κ1) is 14.5. The summed E-state index contributed by atoms with van der Waals surface area (Å²) >= 11 is 0. The Morgan fingerprint density at radius 1 is 1.55 bits per heavy atom. The highest BCUT2D eigenvalue weighted by Gasteiger charge is 2.29. The highest BCUT2D eigenvalue weighted by Crippen LogP contribution is 2.18. The van der Waals surface area contributed by atoms with Crippen LogP contribution in [0.4, 0.5) is 0 Å². The summed E-state index contributed by atoms with van der Waals surface area (Å²) in [6, 6.07) is 0. The molecule has 2 rings (SSSR count). The van der Waals surface area contributed by atoms with Crippen molar-refractivity contribution in [3.05, 3.63) is 18.2 Å². The van der Waals surface area contributed by atoms with E-state index in [2.05, 4.69) is 10.3 Å². The zero-order chi connectivity index (χ0) is 14.5. The molecule has 3 N–H and O–H groups in total. The van der Waals surface area contributed by atoms with Gasteiger partial charge in [0, 0.05) is 33.2 Å². The molecule has 1 unspecified atom stereocenters. The molecule has 1 saturated heterocycles. The largest absolute Gasteiger partial charge is 0.355 e. The first-order valence-electron chi connectivity index (χ1n) is 6.87. The molecule has 0 aromatic carbocycles. The molecule has 0 spiro atoms. The van der Waals surface area contributed by atoms with Crippen molar-refractivity contribution in [1.29, 1.82) is 0 Å². The summed E-state index contributed by atoms with van der Waals surface area (Å²) in [6.45, 7) is 2.05. The van der Waals surface area contributed by atoms with Gasteiger partial charge in [0.1, 0.15) is 5.69 Å². The molecule has 1 aromatic heterocycles. The average Bonchev–Trinajstić information content (AvgIpc) is 2.90. The summed E-state index contributed by atoms with van der Waals surface area (Å²) in [5.74, 6) is -0.230. The van der Waals surface area contributed by atoms with Crippen molar-refractivity contribution in [3.63, 3.8) is 0 Å². The molecule has 2 amide bonds. The van der Waals surface area contributed by atoms with Gasteiger partial charge >= 0.3 is 0 Å². The Balaban J connectivity index is 1.98. The number of aromatic nitrogens is 2. The van der Waals surface area contributed by atoms with E-state index in [4.69, 9.17) is 5.73 Å². The van der Waals surface area contributed by atoms with Crippen LogP contribution in [-0.2, 0) is 11.8 Å². The highest BCUT2D eigenvalue weighted by molar-refractivity contribution is 5.93.